The van der Waals surface area contributed by atoms with Gasteiger partial charge in [-0.2, -0.15) is 4.98 Å². The van der Waals surface area contributed by atoms with E-state index in [9.17, 15) is 4.79 Å². The molecule has 1 amide bonds. The molecule has 6 heteroatoms. The number of hydrogen-bond acceptors (Lipinski definition) is 5. The predicted molar refractivity (Wildman–Crippen MR) is 97.2 cm³/mol. The Morgan fingerprint density at radius 3 is 2.73 bits per heavy atom. The Morgan fingerprint density at radius 1 is 1.19 bits per heavy atom. The first-order valence-electron chi connectivity index (χ1n) is 8.49. The highest BCUT2D eigenvalue weighted by atomic mass is 16.5. The number of amides is 1. The molecule has 2 heterocycles. The van der Waals surface area contributed by atoms with Crippen molar-refractivity contribution in [1.82, 2.24) is 10.1 Å². The van der Waals surface area contributed by atoms with Crippen molar-refractivity contribution >= 4 is 11.6 Å². The molecule has 1 saturated heterocycles. The summed E-state index contributed by atoms with van der Waals surface area (Å²) in [5.74, 6) is 1.80. The summed E-state index contributed by atoms with van der Waals surface area (Å²) < 4.78 is 10.6. The zero-order valence-corrected chi connectivity index (χ0v) is 14.7. The zero-order chi connectivity index (χ0) is 18.1. The lowest BCUT2D eigenvalue weighted by atomic mass is 10.1. The summed E-state index contributed by atoms with van der Waals surface area (Å²) in [4.78, 5) is 18.7. The van der Waals surface area contributed by atoms with Crippen LogP contribution in [-0.2, 0) is 4.79 Å². The van der Waals surface area contributed by atoms with Gasteiger partial charge < -0.3 is 14.2 Å². The Hall–Kier alpha value is -3.15. The first kappa shape index (κ1) is 16.3. The van der Waals surface area contributed by atoms with Gasteiger partial charge in [0.1, 0.15) is 5.75 Å². The van der Waals surface area contributed by atoms with Gasteiger partial charge in [-0.15, -0.1) is 0 Å². The molecule has 0 spiro atoms. The van der Waals surface area contributed by atoms with Crippen LogP contribution < -0.4 is 9.64 Å². The van der Waals surface area contributed by atoms with E-state index in [2.05, 4.69) is 10.1 Å². The van der Waals surface area contributed by atoms with E-state index in [-0.39, 0.29) is 11.8 Å². The van der Waals surface area contributed by atoms with Gasteiger partial charge >= 0.3 is 0 Å². The summed E-state index contributed by atoms with van der Waals surface area (Å²) >= 11 is 0. The van der Waals surface area contributed by atoms with Gasteiger partial charge in [-0.05, 0) is 43.3 Å². The molecule has 0 saturated carbocycles. The molecule has 4 rings (SSSR count). The molecular formula is C20H19N3O3. The van der Waals surface area contributed by atoms with Crippen molar-refractivity contribution in [3.8, 4) is 17.2 Å². The Bertz CT molecular complexity index is 933. The van der Waals surface area contributed by atoms with Crippen LogP contribution in [0.1, 0.15) is 23.7 Å². The molecule has 1 aliphatic rings. The number of carbonyl (C=O) groups excluding carboxylic acids is 1. The second-order valence-corrected chi connectivity index (χ2v) is 6.43. The Labute approximate surface area is 151 Å². The fraction of sp³-hybridized carbons (Fsp3) is 0.250. The van der Waals surface area contributed by atoms with Crippen LogP contribution in [0.3, 0.4) is 0 Å². The monoisotopic (exact) mass is 349 g/mol. The maximum Gasteiger partial charge on any atom is 0.257 e. The van der Waals surface area contributed by atoms with Gasteiger partial charge in [0.15, 0.2) is 5.82 Å². The highest BCUT2D eigenvalue weighted by Gasteiger charge is 2.34. The molecule has 1 aromatic heterocycles. The van der Waals surface area contributed by atoms with Crippen LogP contribution in [0, 0.1) is 6.92 Å². The fourth-order valence-corrected chi connectivity index (χ4v) is 3.19. The lowest BCUT2D eigenvalue weighted by Crippen LogP contribution is -2.24. The van der Waals surface area contributed by atoms with E-state index < -0.39 is 0 Å². The van der Waals surface area contributed by atoms with E-state index in [1.807, 2.05) is 55.5 Å². The molecule has 132 valence electrons. The van der Waals surface area contributed by atoms with Gasteiger partial charge in [0, 0.05) is 30.1 Å². The van der Waals surface area contributed by atoms with E-state index in [0.29, 0.717) is 24.7 Å². The average molecular weight is 349 g/mol. The maximum atomic E-state index is 12.4. The molecular weight excluding hydrogens is 330 g/mol. The highest BCUT2D eigenvalue weighted by molar-refractivity contribution is 5.96. The zero-order valence-electron chi connectivity index (χ0n) is 14.7. The third kappa shape index (κ3) is 3.06. The number of nitrogens with zero attached hydrogens (tertiary/aromatic N) is 3. The number of aromatic nitrogens is 2. The normalized spacial score (nSPS) is 16.9. The summed E-state index contributed by atoms with van der Waals surface area (Å²) in [6.07, 6.45) is 0.374. The first-order chi connectivity index (χ1) is 12.6. The minimum atomic E-state index is -0.0769. The molecule has 26 heavy (non-hydrogen) atoms. The fourth-order valence-electron chi connectivity index (χ4n) is 3.19. The summed E-state index contributed by atoms with van der Waals surface area (Å²) in [5.41, 5.74) is 2.87. The Kier molecular flexibility index (Phi) is 4.16. The molecule has 0 N–H and O–H groups in total. The van der Waals surface area contributed by atoms with Crippen molar-refractivity contribution in [2.75, 3.05) is 18.6 Å². The van der Waals surface area contributed by atoms with Crippen LogP contribution >= 0.6 is 0 Å². The molecule has 1 atom stereocenters. The molecule has 3 aromatic rings. The summed E-state index contributed by atoms with van der Waals surface area (Å²) in [6, 6.07) is 15.4. The van der Waals surface area contributed by atoms with Gasteiger partial charge in [0.2, 0.25) is 5.91 Å². The third-order valence-electron chi connectivity index (χ3n) is 4.58. The minimum Gasteiger partial charge on any atom is -0.497 e. The molecule has 0 radical (unpaired) electrons. The van der Waals surface area contributed by atoms with Gasteiger partial charge in [-0.3, -0.25) is 4.79 Å². The van der Waals surface area contributed by atoms with Gasteiger partial charge in [0.05, 0.1) is 7.11 Å². The van der Waals surface area contributed by atoms with E-state index >= 15 is 0 Å². The van der Waals surface area contributed by atoms with Crippen LogP contribution in [0.2, 0.25) is 0 Å². The predicted octanol–water partition coefficient (Wildman–Crippen LogP) is 3.57. The summed E-state index contributed by atoms with van der Waals surface area (Å²) in [5, 5.41) is 4.11. The second kappa shape index (κ2) is 6.63. The first-order valence-corrected chi connectivity index (χ1v) is 8.49. The molecule has 2 aromatic carbocycles. The van der Waals surface area contributed by atoms with E-state index in [1.165, 1.54) is 0 Å². The van der Waals surface area contributed by atoms with Crippen molar-refractivity contribution in [3.05, 3.63) is 59.9 Å². The minimum absolute atomic E-state index is 0.0575. The van der Waals surface area contributed by atoms with Crippen LogP contribution in [0.15, 0.2) is 53.1 Å². The third-order valence-corrected chi connectivity index (χ3v) is 4.58. The lowest BCUT2D eigenvalue weighted by molar-refractivity contribution is -0.117. The van der Waals surface area contributed by atoms with Gasteiger partial charge in [-0.1, -0.05) is 22.9 Å². The largest absolute Gasteiger partial charge is 0.497 e. The number of benzene rings is 2. The lowest BCUT2D eigenvalue weighted by Gasteiger charge is -2.16. The second-order valence-electron chi connectivity index (χ2n) is 6.43. The van der Waals surface area contributed by atoms with Gasteiger partial charge in [-0.25, -0.2) is 0 Å². The number of rotatable bonds is 4. The van der Waals surface area contributed by atoms with E-state index in [4.69, 9.17) is 9.26 Å². The standard InChI is InChI=1S/C20H19N3O3/c1-13-4-3-5-14(10-13)20-21-19(22-26-20)15-11-18(24)23(12-15)16-6-8-17(25-2)9-7-16/h3-10,15H,11-12H2,1-2H3. The van der Waals surface area contributed by atoms with Crippen molar-refractivity contribution < 1.29 is 14.1 Å². The summed E-state index contributed by atoms with van der Waals surface area (Å²) in [7, 11) is 1.62. The van der Waals surface area contributed by atoms with Crippen LogP contribution in [0.25, 0.3) is 11.5 Å². The number of anilines is 1. The Balaban J connectivity index is 1.53. The maximum absolute atomic E-state index is 12.4. The molecule has 1 fully saturated rings. The quantitative estimate of drug-likeness (QED) is 0.720. The number of aryl methyl sites for hydroxylation is 1. The highest BCUT2D eigenvalue weighted by Crippen LogP contribution is 2.32. The molecule has 1 aliphatic heterocycles. The average Bonchev–Trinajstić information content (AvgIpc) is 3.29. The molecule has 1 unspecified atom stereocenters. The van der Waals surface area contributed by atoms with Crippen molar-refractivity contribution in [2.24, 2.45) is 0 Å². The van der Waals surface area contributed by atoms with Crippen LogP contribution in [0.5, 0.6) is 5.75 Å². The molecule has 6 nitrogen and oxygen atoms in total. The van der Waals surface area contributed by atoms with Gasteiger partial charge in [0.25, 0.3) is 5.89 Å². The van der Waals surface area contributed by atoms with Crippen LogP contribution in [0.4, 0.5) is 5.69 Å². The molecule has 0 aliphatic carbocycles. The van der Waals surface area contributed by atoms with Crippen LogP contribution in [-0.4, -0.2) is 29.7 Å². The number of carbonyl (C=O) groups is 1. The summed E-state index contributed by atoms with van der Waals surface area (Å²) in [6.45, 7) is 2.56. The van der Waals surface area contributed by atoms with E-state index in [0.717, 1.165) is 22.6 Å². The van der Waals surface area contributed by atoms with Crippen molar-refractivity contribution in [1.29, 1.82) is 0 Å². The Morgan fingerprint density at radius 2 is 2.00 bits per heavy atom. The smallest absolute Gasteiger partial charge is 0.257 e. The van der Waals surface area contributed by atoms with Crippen molar-refractivity contribution in [2.45, 2.75) is 19.3 Å². The number of methoxy groups -OCH3 is 1. The number of ether oxygens (including phenoxy) is 1. The van der Waals surface area contributed by atoms with E-state index in [1.54, 1.807) is 12.0 Å². The molecule has 0 bridgehead atoms. The number of hydrogen-bond donors (Lipinski definition) is 0. The SMILES string of the molecule is COc1ccc(N2CC(c3noc(-c4cccc(C)c4)n3)CC2=O)cc1. The topological polar surface area (TPSA) is 68.5 Å². The van der Waals surface area contributed by atoms with Crippen molar-refractivity contribution in [3.63, 3.8) is 0 Å².